The molecule has 0 aromatic carbocycles. The lowest BCUT2D eigenvalue weighted by Gasteiger charge is -2.19. The monoisotopic (exact) mass is 274 g/mol. The Morgan fingerprint density at radius 2 is 1.84 bits per heavy atom. The smallest absolute Gasteiger partial charge is 0.407 e. The van der Waals surface area contributed by atoms with E-state index in [0.717, 1.165) is 12.8 Å². The van der Waals surface area contributed by atoms with Gasteiger partial charge in [-0.2, -0.15) is 0 Å². The quantitative estimate of drug-likeness (QED) is 0.542. The van der Waals surface area contributed by atoms with Gasteiger partial charge >= 0.3 is 12.1 Å². The Hall–Kier alpha value is -1.30. The third-order valence-corrected chi connectivity index (χ3v) is 2.42. The molecule has 0 aliphatic rings. The lowest BCUT2D eigenvalue weighted by Crippen LogP contribution is -2.35. The van der Waals surface area contributed by atoms with Crippen LogP contribution in [0.1, 0.15) is 40.0 Å². The van der Waals surface area contributed by atoms with E-state index in [2.05, 4.69) is 15.4 Å². The van der Waals surface area contributed by atoms with Crippen molar-refractivity contribution in [1.29, 1.82) is 0 Å². The predicted molar refractivity (Wildman–Crippen MR) is 73.0 cm³/mol. The number of likely N-dealkylation sites (N-methyl/N-ethyl adjacent to an activating group) is 1. The number of nitrogens with one attached hydrogen (secondary N) is 2. The minimum Gasteiger partial charge on any atom is -0.468 e. The molecule has 19 heavy (non-hydrogen) atoms. The average molecular weight is 274 g/mol. The Morgan fingerprint density at radius 1 is 1.21 bits per heavy atom. The Morgan fingerprint density at radius 3 is 2.32 bits per heavy atom. The Kier molecular flexibility index (Phi) is 8.14. The molecule has 6 nitrogen and oxygen atoms in total. The van der Waals surface area contributed by atoms with Crippen LogP contribution in [0.2, 0.25) is 0 Å². The molecule has 0 unspecified atom stereocenters. The second kappa shape index (κ2) is 8.74. The van der Waals surface area contributed by atoms with Gasteiger partial charge in [0.2, 0.25) is 0 Å². The van der Waals surface area contributed by atoms with Gasteiger partial charge in [0.05, 0.1) is 7.11 Å². The first-order valence-electron chi connectivity index (χ1n) is 6.52. The number of carbonyl (C=O) groups is 2. The molecule has 0 saturated heterocycles. The molecular weight excluding hydrogens is 248 g/mol. The maximum absolute atomic E-state index is 11.3. The highest BCUT2D eigenvalue weighted by Crippen LogP contribution is 2.06. The number of hydrogen-bond donors (Lipinski definition) is 2. The van der Waals surface area contributed by atoms with Crippen molar-refractivity contribution in [2.75, 3.05) is 20.7 Å². The van der Waals surface area contributed by atoms with Gasteiger partial charge in [0, 0.05) is 6.54 Å². The fourth-order valence-electron chi connectivity index (χ4n) is 1.50. The molecule has 0 aromatic heterocycles. The van der Waals surface area contributed by atoms with Gasteiger partial charge in [0.25, 0.3) is 0 Å². The number of ether oxygens (including phenoxy) is 2. The van der Waals surface area contributed by atoms with Crippen molar-refractivity contribution in [2.45, 2.75) is 51.7 Å². The van der Waals surface area contributed by atoms with Crippen LogP contribution in [0.5, 0.6) is 0 Å². The molecule has 2 N–H and O–H groups in total. The zero-order valence-corrected chi connectivity index (χ0v) is 12.5. The lowest BCUT2D eigenvalue weighted by atomic mass is 10.1. The van der Waals surface area contributed by atoms with Crippen LogP contribution in [-0.4, -0.2) is 44.4 Å². The minimum atomic E-state index is -0.480. The van der Waals surface area contributed by atoms with Crippen LogP contribution in [0.15, 0.2) is 0 Å². The fraction of sp³-hybridized carbons (Fsp3) is 0.846. The van der Waals surface area contributed by atoms with Crippen LogP contribution in [-0.2, 0) is 14.3 Å². The zero-order valence-electron chi connectivity index (χ0n) is 12.5. The molecule has 0 aliphatic carbocycles. The van der Waals surface area contributed by atoms with E-state index in [1.54, 1.807) is 7.05 Å². The third-order valence-electron chi connectivity index (χ3n) is 2.42. The van der Waals surface area contributed by atoms with Crippen molar-refractivity contribution in [3.63, 3.8) is 0 Å². The maximum atomic E-state index is 11.3. The maximum Gasteiger partial charge on any atom is 0.407 e. The largest absolute Gasteiger partial charge is 0.468 e. The van der Waals surface area contributed by atoms with Gasteiger partial charge in [0.1, 0.15) is 11.6 Å². The van der Waals surface area contributed by atoms with Gasteiger partial charge in [-0.25, -0.2) is 4.79 Å². The number of unbranched alkanes of at least 4 members (excludes halogenated alkanes) is 1. The zero-order chi connectivity index (χ0) is 14.9. The van der Waals surface area contributed by atoms with Crippen molar-refractivity contribution in [3.8, 4) is 0 Å². The lowest BCUT2D eigenvalue weighted by molar-refractivity contribution is -0.143. The van der Waals surface area contributed by atoms with Crippen LogP contribution in [0.25, 0.3) is 0 Å². The molecule has 0 rings (SSSR count). The predicted octanol–water partition coefficient (Wildman–Crippen LogP) is 1.44. The summed E-state index contributed by atoms with van der Waals surface area (Å²) >= 11 is 0. The Labute approximate surface area is 115 Å². The van der Waals surface area contributed by atoms with Crippen LogP contribution < -0.4 is 10.6 Å². The van der Waals surface area contributed by atoms with Crippen molar-refractivity contribution in [2.24, 2.45) is 0 Å². The van der Waals surface area contributed by atoms with E-state index in [0.29, 0.717) is 13.0 Å². The third kappa shape index (κ3) is 9.30. The SMILES string of the molecule is CN[C@H](CCCCNC(=O)OC(C)(C)C)C(=O)OC. The number of alkyl carbamates (subject to hydrolysis) is 1. The molecule has 0 aromatic rings. The summed E-state index contributed by atoms with van der Waals surface area (Å²) in [7, 11) is 3.09. The highest BCUT2D eigenvalue weighted by molar-refractivity contribution is 5.75. The van der Waals surface area contributed by atoms with Crippen molar-refractivity contribution >= 4 is 12.1 Å². The molecule has 1 atom stereocenters. The molecule has 0 aliphatic heterocycles. The highest BCUT2D eigenvalue weighted by Gasteiger charge is 2.17. The van der Waals surface area contributed by atoms with Crippen LogP contribution in [0.4, 0.5) is 4.79 Å². The van der Waals surface area contributed by atoms with E-state index < -0.39 is 11.7 Å². The first-order valence-corrected chi connectivity index (χ1v) is 6.52. The molecule has 6 heteroatoms. The topological polar surface area (TPSA) is 76.7 Å². The van der Waals surface area contributed by atoms with E-state index in [9.17, 15) is 9.59 Å². The van der Waals surface area contributed by atoms with Crippen molar-refractivity contribution in [1.82, 2.24) is 10.6 Å². The van der Waals surface area contributed by atoms with Gasteiger partial charge in [0.15, 0.2) is 0 Å². The summed E-state index contributed by atoms with van der Waals surface area (Å²) in [6.45, 7) is 5.99. The van der Waals surface area contributed by atoms with E-state index in [-0.39, 0.29) is 12.0 Å². The summed E-state index contributed by atoms with van der Waals surface area (Å²) in [5, 5.41) is 5.57. The molecule has 0 radical (unpaired) electrons. The number of hydrogen-bond acceptors (Lipinski definition) is 5. The summed E-state index contributed by atoms with van der Waals surface area (Å²) in [6, 6.07) is -0.286. The van der Waals surface area contributed by atoms with Gasteiger partial charge in [-0.05, 0) is 47.1 Å². The van der Waals surface area contributed by atoms with E-state index in [1.807, 2.05) is 20.8 Å². The summed E-state index contributed by atoms with van der Waals surface area (Å²) < 4.78 is 9.77. The van der Waals surface area contributed by atoms with Crippen LogP contribution in [0, 0.1) is 0 Å². The second-order valence-corrected chi connectivity index (χ2v) is 5.29. The standard InChI is InChI=1S/C13H26N2O4/c1-13(2,3)19-12(17)15-9-7-6-8-10(14-4)11(16)18-5/h10,14H,6-9H2,1-5H3,(H,15,17)/t10-/m1/s1. The summed E-state index contributed by atoms with van der Waals surface area (Å²) in [6.07, 6.45) is 1.87. The first kappa shape index (κ1) is 17.7. The average Bonchev–Trinajstić information content (AvgIpc) is 2.30. The van der Waals surface area contributed by atoms with Crippen molar-refractivity contribution in [3.05, 3.63) is 0 Å². The van der Waals surface area contributed by atoms with Gasteiger partial charge in [-0.1, -0.05) is 0 Å². The summed E-state index contributed by atoms with van der Waals surface area (Å²) in [5.74, 6) is -0.261. The Bertz CT molecular complexity index is 287. The minimum absolute atomic E-state index is 0.261. The first-order chi connectivity index (χ1) is 8.80. The van der Waals surface area contributed by atoms with Gasteiger partial charge in [-0.3, -0.25) is 4.79 Å². The second-order valence-electron chi connectivity index (χ2n) is 5.29. The Balaban J connectivity index is 3.70. The molecule has 0 heterocycles. The number of rotatable bonds is 7. The molecule has 112 valence electrons. The van der Waals surface area contributed by atoms with Crippen LogP contribution in [0.3, 0.4) is 0 Å². The van der Waals surface area contributed by atoms with E-state index >= 15 is 0 Å². The highest BCUT2D eigenvalue weighted by atomic mass is 16.6. The fourth-order valence-corrected chi connectivity index (χ4v) is 1.50. The van der Waals surface area contributed by atoms with Gasteiger partial charge in [-0.15, -0.1) is 0 Å². The number of amides is 1. The number of methoxy groups -OCH3 is 1. The van der Waals surface area contributed by atoms with Crippen molar-refractivity contribution < 1.29 is 19.1 Å². The normalized spacial score (nSPS) is 12.7. The molecule has 0 spiro atoms. The molecule has 0 bridgehead atoms. The van der Waals surface area contributed by atoms with Crippen LogP contribution >= 0.6 is 0 Å². The molecule has 0 fully saturated rings. The summed E-state index contributed by atoms with van der Waals surface area (Å²) in [5.41, 5.74) is -0.480. The summed E-state index contributed by atoms with van der Waals surface area (Å²) in [4.78, 5) is 22.6. The number of esters is 1. The van der Waals surface area contributed by atoms with Gasteiger partial charge < -0.3 is 20.1 Å². The number of carbonyl (C=O) groups excluding carboxylic acids is 2. The molecular formula is C13H26N2O4. The van der Waals surface area contributed by atoms with E-state index in [1.165, 1.54) is 7.11 Å². The van der Waals surface area contributed by atoms with E-state index in [4.69, 9.17) is 4.74 Å². The molecule has 1 amide bonds. The molecule has 0 saturated carbocycles.